The minimum absolute atomic E-state index is 0.0508. The third kappa shape index (κ3) is 3.80. The van der Waals surface area contributed by atoms with Crippen LogP contribution in [-0.4, -0.2) is 23.9 Å². The van der Waals surface area contributed by atoms with Gasteiger partial charge in [-0.2, -0.15) is 0 Å². The highest BCUT2D eigenvalue weighted by atomic mass is 32.1. The van der Waals surface area contributed by atoms with Gasteiger partial charge in [-0.25, -0.2) is 4.39 Å². The lowest BCUT2D eigenvalue weighted by Crippen LogP contribution is -2.40. The normalized spacial score (nSPS) is 16.7. The minimum atomic E-state index is -0.401. The molecule has 1 N–H and O–H groups in total. The van der Waals surface area contributed by atoms with Crippen molar-refractivity contribution in [3.63, 3.8) is 0 Å². The number of hydrogen-bond acceptors (Lipinski definition) is 3. The molecule has 1 aliphatic heterocycles. The second kappa shape index (κ2) is 7.62. The SMILES string of the molecule is Cc1ccc(NC(=O)CN2CCc3sccc3C2c2ccccc2)c(F)c1. The van der Waals surface area contributed by atoms with Crippen molar-refractivity contribution in [2.75, 3.05) is 18.4 Å². The molecule has 2 heterocycles. The summed E-state index contributed by atoms with van der Waals surface area (Å²) in [6.45, 7) is 2.85. The number of fused-ring (bicyclic) bond motifs is 1. The molecule has 1 amide bonds. The predicted molar refractivity (Wildman–Crippen MR) is 108 cm³/mol. The minimum Gasteiger partial charge on any atom is -0.322 e. The Kier molecular flexibility index (Phi) is 5.05. The molecular formula is C22H21FN2OS. The fraction of sp³-hybridized carbons (Fsp3) is 0.227. The smallest absolute Gasteiger partial charge is 0.238 e. The summed E-state index contributed by atoms with van der Waals surface area (Å²) in [6, 6.07) is 17.3. The van der Waals surface area contributed by atoms with Crippen LogP contribution in [0, 0.1) is 12.7 Å². The summed E-state index contributed by atoms with van der Waals surface area (Å²) in [5, 5.41) is 4.84. The van der Waals surface area contributed by atoms with Gasteiger partial charge in [0.25, 0.3) is 0 Å². The first-order valence-corrected chi connectivity index (χ1v) is 9.91. The number of nitrogens with zero attached hydrogens (tertiary/aromatic N) is 1. The topological polar surface area (TPSA) is 32.3 Å². The lowest BCUT2D eigenvalue weighted by atomic mass is 9.93. The van der Waals surface area contributed by atoms with Crippen molar-refractivity contribution in [1.29, 1.82) is 0 Å². The Bertz CT molecular complexity index is 954. The van der Waals surface area contributed by atoms with Gasteiger partial charge in [-0.05, 0) is 53.6 Å². The van der Waals surface area contributed by atoms with Gasteiger partial charge in [0.15, 0.2) is 0 Å². The molecule has 5 heteroatoms. The summed E-state index contributed by atoms with van der Waals surface area (Å²) in [5.74, 6) is -0.598. The van der Waals surface area contributed by atoms with Crippen LogP contribution < -0.4 is 5.32 Å². The van der Waals surface area contributed by atoms with E-state index in [1.807, 2.05) is 25.1 Å². The zero-order chi connectivity index (χ0) is 18.8. The van der Waals surface area contributed by atoms with Crippen molar-refractivity contribution < 1.29 is 9.18 Å². The number of aryl methyl sites for hydroxylation is 1. The predicted octanol–water partition coefficient (Wildman–Crippen LogP) is 4.78. The molecule has 1 unspecified atom stereocenters. The van der Waals surface area contributed by atoms with Crippen LogP contribution in [0.4, 0.5) is 10.1 Å². The summed E-state index contributed by atoms with van der Waals surface area (Å²) in [7, 11) is 0. The van der Waals surface area contributed by atoms with E-state index in [2.05, 4.69) is 33.8 Å². The molecule has 138 valence electrons. The molecule has 3 nitrogen and oxygen atoms in total. The first kappa shape index (κ1) is 17.9. The maximum absolute atomic E-state index is 14.1. The number of carbonyl (C=O) groups is 1. The van der Waals surface area contributed by atoms with Crippen LogP contribution in [-0.2, 0) is 11.2 Å². The van der Waals surface area contributed by atoms with Crippen molar-refractivity contribution >= 4 is 22.9 Å². The number of rotatable bonds is 4. The third-order valence-electron chi connectivity index (χ3n) is 4.93. The number of benzene rings is 2. The van der Waals surface area contributed by atoms with Gasteiger partial charge in [0, 0.05) is 11.4 Å². The molecule has 4 rings (SSSR count). The molecule has 0 spiro atoms. The zero-order valence-corrected chi connectivity index (χ0v) is 15.9. The first-order valence-electron chi connectivity index (χ1n) is 9.03. The lowest BCUT2D eigenvalue weighted by Gasteiger charge is -2.35. The number of carbonyl (C=O) groups excluding carboxylic acids is 1. The highest BCUT2D eigenvalue weighted by molar-refractivity contribution is 7.10. The van der Waals surface area contributed by atoms with E-state index in [-0.39, 0.29) is 24.2 Å². The van der Waals surface area contributed by atoms with Crippen LogP contribution in [0.5, 0.6) is 0 Å². The van der Waals surface area contributed by atoms with Gasteiger partial charge in [-0.15, -0.1) is 11.3 Å². The van der Waals surface area contributed by atoms with E-state index in [0.29, 0.717) is 0 Å². The maximum atomic E-state index is 14.1. The second-order valence-corrected chi connectivity index (χ2v) is 7.86. The Hall–Kier alpha value is -2.50. The monoisotopic (exact) mass is 380 g/mol. The molecule has 0 saturated carbocycles. The molecular weight excluding hydrogens is 359 g/mol. The van der Waals surface area contributed by atoms with Gasteiger partial charge in [0.05, 0.1) is 18.3 Å². The van der Waals surface area contributed by atoms with Gasteiger partial charge >= 0.3 is 0 Å². The van der Waals surface area contributed by atoms with Crippen molar-refractivity contribution in [2.24, 2.45) is 0 Å². The van der Waals surface area contributed by atoms with Gasteiger partial charge in [0.2, 0.25) is 5.91 Å². The molecule has 1 aliphatic rings. The van der Waals surface area contributed by atoms with E-state index in [4.69, 9.17) is 0 Å². The van der Waals surface area contributed by atoms with Crippen LogP contribution in [0.3, 0.4) is 0 Å². The molecule has 1 aromatic heterocycles. The van der Waals surface area contributed by atoms with Crippen molar-refractivity contribution in [3.8, 4) is 0 Å². The number of anilines is 1. The quantitative estimate of drug-likeness (QED) is 0.706. The first-order chi connectivity index (χ1) is 13.1. The third-order valence-corrected chi connectivity index (χ3v) is 5.92. The van der Waals surface area contributed by atoms with E-state index in [9.17, 15) is 9.18 Å². The lowest BCUT2D eigenvalue weighted by molar-refractivity contribution is -0.117. The average molecular weight is 380 g/mol. The number of thiophene rings is 1. The van der Waals surface area contributed by atoms with E-state index < -0.39 is 5.82 Å². The molecule has 0 aliphatic carbocycles. The van der Waals surface area contributed by atoms with Crippen molar-refractivity contribution in [2.45, 2.75) is 19.4 Å². The fourth-order valence-corrected chi connectivity index (χ4v) is 4.56. The number of nitrogens with one attached hydrogen (secondary N) is 1. The molecule has 1 atom stereocenters. The van der Waals surface area contributed by atoms with Crippen LogP contribution in [0.25, 0.3) is 0 Å². The maximum Gasteiger partial charge on any atom is 0.238 e. The molecule has 3 aromatic rings. The van der Waals surface area contributed by atoms with Crippen LogP contribution in [0.1, 0.15) is 27.6 Å². The summed E-state index contributed by atoms with van der Waals surface area (Å²) < 4.78 is 14.1. The Morgan fingerprint density at radius 2 is 2.04 bits per heavy atom. The Balaban J connectivity index is 1.56. The second-order valence-electron chi connectivity index (χ2n) is 6.86. The van der Waals surface area contributed by atoms with Gasteiger partial charge < -0.3 is 5.32 Å². The van der Waals surface area contributed by atoms with Gasteiger partial charge in [0.1, 0.15) is 5.82 Å². The standard InChI is InChI=1S/C22H21FN2OS/c1-15-7-8-19(18(23)13-15)24-21(26)14-25-11-9-20-17(10-12-27-20)22(25)16-5-3-2-4-6-16/h2-8,10,12-13,22H,9,11,14H2,1H3,(H,24,26). The number of halogens is 1. The molecule has 0 fully saturated rings. The van der Waals surface area contributed by atoms with E-state index in [1.165, 1.54) is 22.1 Å². The average Bonchev–Trinajstić information content (AvgIpc) is 3.13. The highest BCUT2D eigenvalue weighted by Gasteiger charge is 2.30. The van der Waals surface area contributed by atoms with E-state index in [1.54, 1.807) is 23.5 Å². The summed E-state index contributed by atoms with van der Waals surface area (Å²) >= 11 is 1.77. The van der Waals surface area contributed by atoms with Gasteiger partial charge in [-0.1, -0.05) is 36.4 Å². The summed E-state index contributed by atoms with van der Waals surface area (Å²) in [6.07, 6.45) is 0.933. The van der Waals surface area contributed by atoms with Crippen LogP contribution in [0.15, 0.2) is 60.0 Å². The van der Waals surface area contributed by atoms with Gasteiger partial charge in [-0.3, -0.25) is 9.69 Å². The Labute approximate surface area is 162 Å². The van der Waals surface area contributed by atoms with Crippen LogP contribution >= 0.6 is 11.3 Å². The number of amides is 1. The highest BCUT2D eigenvalue weighted by Crippen LogP contribution is 2.37. The van der Waals surface area contributed by atoms with Crippen molar-refractivity contribution in [3.05, 3.63) is 87.4 Å². The van der Waals surface area contributed by atoms with Crippen LogP contribution in [0.2, 0.25) is 0 Å². The number of hydrogen-bond donors (Lipinski definition) is 1. The van der Waals surface area contributed by atoms with E-state index in [0.717, 1.165) is 18.5 Å². The Morgan fingerprint density at radius 1 is 1.22 bits per heavy atom. The largest absolute Gasteiger partial charge is 0.322 e. The molecule has 2 aromatic carbocycles. The molecule has 0 bridgehead atoms. The van der Waals surface area contributed by atoms with Crippen molar-refractivity contribution in [1.82, 2.24) is 4.90 Å². The van der Waals surface area contributed by atoms with E-state index >= 15 is 0 Å². The summed E-state index contributed by atoms with van der Waals surface area (Å²) in [5.41, 5.74) is 3.50. The summed E-state index contributed by atoms with van der Waals surface area (Å²) in [4.78, 5) is 16.2. The molecule has 27 heavy (non-hydrogen) atoms. The molecule has 0 radical (unpaired) electrons. The Morgan fingerprint density at radius 3 is 2.81 bits per heavy atom. The molecule has 0 saturated heterocycles. The zero-order valence-electron chi connectivity index (χ0n) is 15.1. The fourth-order valence-electron chi connectivity index (χ4n) is 3.66.